The van der Waals surface area contributed by atoms with Crippen LogP contribution in [-0.4, -0.2) is 41.5 Å². The lowest BCUT2D eigenvalue weighted by Crippen LogP contribution is -2.45. The quantitative estimate of drug-likeness (QED) is 0.908. The van der Waals surface area contributed by atoms with Gasteiger partial charge in [-0.3, -0.25) is 0 Å². The number of fused-ring (bicyclic) bond motifs is 2. The van der Waals surface area contributed by atoms with Gasteiger partial charge in [-0.05, 0) is 36.5 Å². The van der Waals surface area contributed by atoms with Crippen LogP contribution in [0.5, 0.6) is 5.75 Å². The van der Waals surface area contributed by atoms with Gasteiger partial charge in [0.1, 0.15) is 5.75 Å². The van der Waals surface area contributed by atoms with E-state index < -0.39 is 0 Å². The van der Waals surface area contributed by atoms with E-state index in [1.165, 1.54) is 11.1 Å². The molecule has 120 valence electrons. The zero-order valence-electron chi connectivity index (χ0n) is 13.0. The van der Waals surface area contributed by atoms with Crippen molar-refractivity contribution >= 4 is 6.03 Å². The standard InChI is InChI=1S/C17H20N4O2/c1-23-15-4-2-3-11(6-15)13-9-19-21(10-13)17(22)20-16-7-14-5-12(16)8-18-14/h2-4,6,9-10,12,14,16,18H,5,7-8H2,1H3,(H,20,22). The highest BCUT2D eigenvalue weighted by Gasteiger charge is 2.40. The van der Waals surface area contributed by atoms with Crippen LogP contribution >= 0.6 is 0 Å². The first-order valence-electron chi connectivity index (χ1n) is 7.96. The number of hydrogen-bond acceptors (Lipinski definition) is 4. The largest absolute Gasteiger partial charge is 0.497 e. The van der Waals surface area contributed by atoms with Gasteiger partial charge < -0.3 is 15.4 Å². The fraction of sp³-hybridized carbons (Fsp3) is 0.412. The number of nitrogens with zero attached hydrogens (tertiary/aromatic N) is 2. The Morgan fingerprint density at radius 1 is 1.39 bits per heavy atom. The molecule has 1 saturated heterocycles. The number of carbonyl (C=O) groups is 1. The van der Waals surface area contributed by atoms with Crippen LogP contribution in [0.4, 0.5) is 4.79 Å². The third kappa shape index (κ3) is 2.70. The molecular weight excluding hydrogens is 292 g/mol. The van der Waals surface area contributed by atoms with E-state index in [0.29, 0.717) is 12.0 Å². The highest BCUT2D eigenvalue weighted by molar-refractivity contribution is 5.78. The van der Waals surface area contributed by atoms with Crippen LogP contribution in [0.25, 0.3) is 11.1 Å². The Labute approximate surface area is 134 Å². The lowest BCUT2D eigenvalue weighted by molar-refractivity contribution is 0.230. The fourth-order valence-corrected chi connectivity index (χ4v) is 3.62. The molecule has 0 radical (unpaired) electrons. The third-order valence-electron chi connectivity index (χ3n) is 4.87. The molecule has 1 aliphatic carbocycles. The minimum absolute atomic E-state index is 0.156. The molecule has 1 saturated carbocycles. The Balaban J connectivity index is 1.47. The van der Waals surface area contributed by atoms with Crippen LogP contribution < -0.4 is 15.4 Å². The molecule has 23 heavy (non-hydrogen) atoms. The normalized spacial score (nSPS) is 25.5. The van der Waals surface area contributed by atoms with E-state index in [2.05, 4.69) is 15.7 Å². The molecule has 2 aliphatic rings. The molecule has 3 unspecified atom stereocenters. The van der Waals surface area contributed by atoms with Crippen LogP contribution in [-0.2, 0) is 0 Å². The van der Waals surface area contributed by atoms with E-state index in [1.807, 2.05) is 24.3 Å². The van der Waals surface area contributed by atoms with E-state index in [1.54, 1.807) is 19.5 Å². The average Bonchev–Trinajstić information content (AvgIpc) is 3.31. The zero-order valence-corrected chi connectivity index (χ0v) is 13.0. The second-order valence-corrected chi connectivity index (χ2v) is 6.30. The van der Waals surface area contributed by atoms with Crippen molar-refractivity contribution in [2.75, 3.05) is 13.7 Å². The topological polar surface area (TPSA) is 68.2 Å². The van der Waals surface area contributed by atoms with E-state index >= 15 is 0 Å². The first kappa shape index (κ1) is 14.3. The van der Waals surface area contributed by atoms with Crippen molar-refractivity contribution in [3.63, 3.8) is 0 Å². The van der Waals surface area contributed by atoms with Gasteiger partial charge in [0.25, 0.3) is 0 Å². The maximum absolute atomic E-state index is 12.4. The SMILES string of the molecule is COc1cccc(-c2cnn(C(=O)NC3CC4CC3CN4)c2)c1. The summed E-state index contributed by atoms with van der Waals surface area (Å²) in [5.74, 6) is 1.34. The van der Waals surface area contributed by atoms with Crippen LogP contribution in [0.3, 0.4) is 0 Å². The lowest BCUT2D eigenvalue weighted by Gasteiger charge is -2.23. The first-order chi connectivity index (χ1) is 11.2. The van der Waals surface area contributed by atoms with E-state index in [-0.39, 0.29) is 12.1 Å². The molecule has 4 rings (SSSR count). The smallest absolute Gasteiger partial charge is 0.342 e. The molecule has 1 aromatic heterocycles. The summed E-state index contributed by atoms with van der Waals surface area (Å²) in [7, 11) is 1.64. The van der Waals surface area contributed by atoms with Gasteiger partial charge in [-0.1, -0.05) is 12.1 Å². The van der Waals surface area contributed by atoms with E-state index in [4.69, 9.17) is 4.74 Å². The lowest BCUT2D eigenvalue weighted by atomic mass is 10.0. The van der Waals surface area contributed by atoms with Crippen molar-refractivity contribution in [2.45, 2.75) is 24.9 Å². The Bertz CT molecular complexity index is 727. The summed E-state index contributed by atoms with van der Waals surface area (Å²) in [5, 5.41) is 10.8. The van der Waals surface area contributed by atoms with E-state index in [9.17, 15) is 4.79 Å². The molecule has 6 heteroatoms. The summed E-state index contributed by atoms with van der Waals surface area (Å²) in [6.07, 6.45) is 5.64. The summed E-state index contributed by atoms with van der Waals surface area (Å²) < 4.78 is 6.62. The predicted octanol–water partition coefficient (Wildman–Crippen LogP) is 1.87. The summed E-state index contributed by atoms with van der Waals surface area (Å²) in [4.78, 5) is 12.4. The van der Waals surface area contributed by atoms with Crippen molar-refractivity contribution in [2.24, 2.45) is 5.92 Å². The Kier molecular flexibility index (Phi) is 3.53. The number of amides is 1. The molecule has 1 amide bonds. The molecule has 1 aromatic carbocycles. The number of carbonyl (C=O) groups excluding carboxylic acids is 1. The molecule has 6 nitrogen and oxygen atoms in total. The van der Waals surface area contributed by atoms with Gasteiger partial charge in [-0.2, -0.15) is 9.78 Å². The molecule has 2 N–H and O–H groups in total. The van der Waals surface area contributed by atoms with Gasteiger partial charge in [-0.25, -0.2) is 4.79 Å². The summed E-state index contributed by atoms with van der Waals surface area (Å²) in [6.45, 7) is 1.00. The number of piperidine rings is 1. The Morgan fingerprint density at radius 3 is 3.04 bits per heavy atom. The minimum atomic E-state index is -0.156. The van der Waals surface area contributed by atoms with Crippen molar-refractivity contribution in [1.29, 1.82) is 0 Å². The number of ether oxygens (including phenoxy) is 1. The summed E-state index contributed by atoms with van der Waals surface area (Å²) in [6, 6.07) is 8.40. The second-order valence-electron chi connectivity index (χ2n) is 6.30. The number of rotatable bonds is 3. The molecule has 2 bridgehead atoms. The zero-order chi connectivity index (χ0) is 15.8. The number of aromatic nitrogens is 2. The van der Waals surface area contributed by atoms with Crippen LogP contribution in [0.15, 0.2) is 36.7 Å². The minimum Gasteiger partial charge on any atom is -0.497 e. The molecule has 2 aromatic rings. The van der Waals surface area contributed by atoms with Crippen molar-refractivity contribution in [3.8, 4) is 16.9 Å². The van der Waals surface area contributed by atoms with E-state index in [0.717, 1.165) is 29.8 Å². The molecule has 0 spiro atoms. The average molecular weight is 312 g/mol. The van der Waals surface area contributed by atoms with Gasteiger partial charge in [0.05, 0.1) is 13.3 Å². The van der Waals surface area contributed by atoms with Crippen molar-refractivity contribution < 1.29 is 9.53 Å². The Morgan fingerprint density at radius 2 is 2.30 bits per heavy atom. The van der Waals surface area contributed by atoms with Gasteiger partial charge in [0.15, 0.2) is 0 Å². The second kappa shape index (κ2) is 5.70. The van der Waals surface area contributed by atoms with Gasteiger partial charge >= 0.3 is 6.03 Å². The number of nitrogens with one attached hydrogen (secondary N) is 2. The maximum atomic E-state index is 12.4. The molecule has 2 heterocycles. The molecule has 3 atom stereocenters. The highest BCUT2D eigenvalue weighted by atomic mass is 16.5. The number of methoxy groups -OCH3 is 1. The molecular formula is C17H20N4O2. The number of benzene rings is 1. The van der Waals surface area contributed by atoms with Crippen LogP contribution in [0, 0.1) is 5.92 Å². The number of hydrogen-bond donors (Lipinski definition) is 2. The van der Waals surface area contributed by atoms with Gasteiger partial charge in [0.2, 0.25) is 0 Å². The third-order valence-corrected chi connectivity index (χ3v) is 4.87. The monoisotopic (exact) mass is 312 g/mol. The summed E-state index contributed by atoms with van der Waals surface area (Å²) >= 11 is 0. The predicted molar refractivity (Wildman–Crippen MR) is 86.4 cm³/mol. The highest BCUT2D eigenvalue weighted by Crippen LogP contribution is 2.31. The van der Waals surface area contributed by atoms with Crippen molar-refractivity contribution in [3.05, 3.63) is 36.7 Å². The van der Waals surface area contributed by atoms with Crippen LogP contribution in [0.1, 0.15) is 12.8 Å². The van der Waals surface area contributed by atoms with Crippen LogP contribution in [0.2, 0.25) is 0 Å². The van der Waals surface area contributed by atoms with Gasteiger partial charge in [-0.15, -0.1) is 0 Å². The maximum Gasteiger partial charge on any atom is 0.342 e. The summed E-state index contributed by atoms with van der Waals surface area (Å²) in [5.41, 5.74) is 1.88. The Hall–Kier alpha value is -2.34. The molecule has 1 aliphatic heterocycles. The van der Waals surface area contributed by atoms with Gasteiger partial charge in [0, 0.05) is 30.4 Å². The molecule has 2 fully saturated rings. The fourth-order valence-electron chi connectivity index (χ4n) is 3.62. The van der Waals surface area contributed by atoms with Crippen molar-refractivity contribution in [1.82, 2.24) is 20.4 Å². The first-order valence-corrected chi connectivity index (χ1v) is 7.96.